The zero-order chi connectivity index (χ0) is 9.05. The fourth-order valence-electron chi connectivity index (χ4n) is 4.02. The van der Waals surface area contributed by atoms with Gasteiger partial charge in [0.2, 0.25) is 0 Å². The first-order chi connectivity index (χ1) is 6.28. The monoisotopic (exact) mass is 180 g/mol. The Labute approximate surface area is 78.6 Å². The quantitative estimate of drug-likeness (QED) is 0.577. The molecule has 72 valence electrons. The van der Waals surface area contributed by atoms with Gasteiger partial charge >= 0.3 is 5.97 Å². The van der Waals surface area contributed by atoms with Crippen LogP contribution in [0.15, 0.2) is 0 Å². The maximum atomic E-state index is 11.5. The van der Waals surface area contributed by atoms with Crippen molar-refractivity contribution in [2.45, 2.75) is 32.1 Å². The summed E-state index contributed by atoms with van der Waals surface area (Å²) in [6.07, 6.45) is 6.55. The number of esters is 1. The van der Waals surface area contributed by atoms with Crippen molar-refractivity contribution in [2.75, 3.05) is 7.11 Å². The van der Waals surface area contributed by atoms with Crippen molar-refractivity contribution in [2.24, 2.45) is 23.2 Å². The van der Waals surface area contributed by atoms with Gasteiger partial charge in [0.05, 0.1) is 13.0 Å². The molecular weight excluding hydrogens is 164 g/mol. The Morgan fingerprint density at radius 2 is 2.15 bits per heavy atom. The van der Waals surface area contributed by atoms with E-state index in [2.05, 4.69) is 0 Å². The van der Waals surface area contributed by atoms with Crippen molar-refractivity contribution in [1.82, 2.24) is 0 Å². The predicted octanol–water partition coefficient (Wildman–Crippen LogP) is 1.99. The average molecular weight is 180 g/mol. The van der Waals surface area contributed by atoms with Gasteiger partial charge in [-0.25, -0.2) is 0 Å². The van der Waals surface area contributed by atoms with E-state index in [1.165, 1.54) is 32.8 Å². The van der Waals surface area contributed by atoms with Crippen LogP contribution in [0.5, 0.6) is 0 Å². The highest BCUT2D eigenvalue weighted by Crippen LogP contribution is 2.72. The van der Waals surface area contributed by atoms with Crippen LogP contribution < -0.4 is 0 Å². The van der Waals surface area contributed by atoms with E-state index in [1.54, 1.807) is 0 Å². The molecule has 3 saturated carbocycles. The van der Waals surface area contributed by atoms with E-state index in [1.807, 2.05) is 0 Å². The average Bonchev–Trinajstić information content (AvgIpc) is 2.82. The molecule has 2 nitrogen and oxygen atoms in total. The van der Waals surface area contributed by atoms with Gasteiger partial charge in [-0.3, -0.25) is 4.79 Å². The summed E-state index contributed by atoms with van der Waals surface area (Å²) in [5.41, 5.74) is 0.624. The van der Waals surface area contributed by atoms with Gasteiger partial charge in [0.15, 0.2) is 0 Å². The fourth-order valence-corrected chi connectivity index (χ4v) is 4.02. The highest BCUT2D eigenvalue weighted by molar-refractivity contribution is 5.73. The third-order valence-electron chi connectivity index (χ3n) is 4.73. The molecule has 0 unspecified atom stereocenters. The Morgan fingerprint density at radius 3 is 2.69 bits per heavy atom. The smallest absolute Gasteiger partial charge is 0.308 e. The van der Waals surface area contributed by atoms with Crippen LogP contribution in [-0.2, 0) is 9.53 Å². The minimum Gasteiger partial charge on any atom is -0.469 e. The molecule has 0 amide bonds. The Balaban J connectivity index is 1.85. The molecule has 2 bridgehead atoms. The van der Waals surface area contributed by atoms with Crippen LogP contribution in [-0.4, -0.2) is 13.1 Å². The molecule has 3 rings (SSSR count). The summed E-state index contributed by atoms with van der Waals surface area (Å²) in [5.74, 6) is 1.86. The van der Waals surface area contributed by atoms with Crippen LogP contribution in [0.4, 0.5) is 0 Å². The van der Waals surface area contributed by atoms with Gasteiger partial charge in [-0.15, -0.1) is 0 Å². The summed E-state index contributed by atoms with van der Waals surface area (Å²) < 4.78 is 4.87. The van der Waals surface area contributed by atoms with Crippen LogP contribution in [0.2, 0.25) is 0 Å². The SMILES string of the molecule is COC(=O)[C@@H]1C[C@H]2CC[C@H]1C21CC1. The second-order valence-electron chi connectivity index (χ2n) is 4.98. The molecule has 0 saturated heterocycles. The summed E-state index contributed by atoms with van der Waals surface area (Å²) in [7, 11) is 1.52. The Hall–Kier alpha value is -0.530. The Kier molecular flexibility index (Phi) is 1.38. The number of ether oxygens (including phenoxy) is 1. The minimum absolute atomic E-state index is 0.0541. The maximum Gasteiger partial charge on any atom is 0.308 e. The number of rotatable bonds is 1. The molecule has 0 radical (unpaired) electrons. The first kappa shape index (κ1) is 7.84. The molecule has 3 aliphatic carbocycles. The normalized spacial score (nSPS) is 43.9. The van der Waals surface area contributed by atoms with Gasteiger partial charge in [-0.1, -0.05) is 0 Å². The molecule has 0 N–H and O–H groups in total. The fraction of sp³-hybridized carbons (Fsp3) is 0.909. The zero-order valence-corrected chi connectivity index (χ0v) is 8.08. The highest BCUT2D eigenvalue weighted by atomic mass is 16.5. The van der Waals surface area contributed by atoms with Gasteiger partial charge in [-0.05, 0) is 49.4 Å². The first-order valence-electron chi connectivity index (χ1n) is 5.36. The second-order valence-corrected chi connectivity index (χ2v) is 4.98. The van der Waals surface area contributed by atoms with E-state index < -0.39 is 0 Å². The summed E-state index contributed by atoms with van der Waals surface area (Å²) >= 11 is 0. The third-order valence-corrected chi connectivity index (χ3v) is 4.73. The molecule has 13 heavy (non-hydrogen) atoms. The molecule has 0 aliphatic heterocycles. The molecule has 0 aromatic rings. The van der Waals surface area contributed by atoms with Crippen molar-refractivity contribution in [3.63, 3.8) is 0 Å². The van der Waals surface area contributed by atoms with Crippen LogP contribution >= 0.6 is 0 Å². The van der Waals surface area contributed by atoms with Crippen molar-refractivity contribution in [1.29, 1.82) is 0 Å². The second kappa shape index (κ2) is 2.28. The van der Waals surface area contributed by atoms with Gasteiger partial charge in [-0.2, -0.15) is 0 Å². The molecule has 0 aromatic carbocycles. The largest absolute Gasteiger partial charge is 0.469 e. The first-order valence-corrected chi connectivity index (χ1v) is 5.36. The predicted molar refractivity (Wildman–Crippen MR) is 48.0 cm³/mol. The maximum absolute atomic E-state index is 11.5. The van der Waals surface area contributed by atoms with Crippen molar-refractivity contribution in [3.05, 3.63) is 0 Å². The molecule has 3 atom stereocenters. The third kappa shape index (κ3) is 0.818. The van der Waals surface area contributed by atoms with E-state index in [-0.39, 0.29) is 11.9 Å². The minimum atomic E-state index is 0.0541. The molecule has 1 spiro atoms. The van der Waals surface area contributed by atoms with Crippen LogP contribution in [0.25, 0.3) is 0 Å². The summed E-state index contributed by atoms with van der Waals surface area (Å²) in [5, 5.41) is 0. The number of carbonyl (C=O) groups excluding carboxylic acids is 1. The molecule has 0 aromatic heterocycles. The van der Waals surface area contributed by atoms with Gasteiger partial charge < -0.3 is 4.74 Å². The lowest BCUT2D eigenvalue weighted by molar-refractivity contribution is -0.147. The number of carbonyl (C=O) groups is 1. The van der Waals surface area contributed by atoms with Crippen LogP contribution in [0.1, 0.15) is 32.1 Å². The lowest BCUT2D eigenvalue weighted by atomic mass is 9.87. The van der Waals surface area contributed by atoms with Gasteiger partial charge in [0.25, 0.3) is 0 Å². The van der Waals surface area contributed by atoms with Crippen molar-refractivity contribution < 1.29 is 9.53 Å². The van der Waals surface area contributed by atoms with Crippen LogP contribution in [0, 0.1) is 23.2 Å². The van der Waals surface area contributed by atoms with Gasteiger partial charge in [0, 0.05) is 0 Å². The highest BCUT2D eigenvalue weighted by Gasteiger charge is 2.66. The topological polar surface area (TPSA) is 26.3 Å². The van der Waals surface area contributed by atoms with E-state index >= 15 is 0 Å². The molecule has 3 fully saturated rings. The van der Waals surface area contributed by atoms with E-state index in [9.17, 15) is 4.79 Å². The number of hydrogen-bond donors (Lipinski definition) is 0. The number of hydrogen-bond acceptors (Lipinski definition) is 2. The summed E-state index contributed by atoms with van der Waals surface area (Å²) in [6, 6.07) is 0. The molecule has 0 heterocycles. The standard InChI is InChI=1S/C11H16O2/c1-13-10(12)8-6-7-2-3-9(8)11(7)4-5-11/h7-9H,2-6H2,1H3/t7-,8-,9-/m1/s1. The molecule has 3 aliphatic rings. The number of methoxy groups -OCH3 is 1. The summed E-state index contributed by atoms with van der Waals surface area (Å²) in [4.78, 5) is 11.5. The Morgan fingerprint density at radius 1 is 1.38 bits per heavy atom. The lowest BCUT2D eigenvalue weighted by Crippen LogP contribution is -2.23. The van der Waals surface area contributed by atoms with Crippen LogP contribution in [0.3, 0.4) is 0 Å². The van der Waals surface area contributed by atoms with E-state index in [0.717, 1.165) is 12.3 Å². The lowest BCUT2D eigenvalue weighted by Gasteiger charge is -2.19. The van der Waals surface area contributed by atoms with Crippen molar-refractivity contribution >= 4 is 5.97 Å². The van der Waals surface area contributed by atoms with E-state index in [4.69, 9.17) is 4.74 Å². The molecule has 2 heteroatoms. The zero-order valence-electron chi connectivity index (χ0n) is 8.08. The summed E-state index contributed by atoms with van der Waals surface area (Å²) in [6.45, 7) is 0. The van der Waals surface area contributed by atoms with Gasteiger partial charge in [0.1, 0.15) is 0 Å². The Bertz CT molecular complexity index is 255. The molecular formula is C11H16O2. The van der Waals surface area contributed by atoms with E-state index in [0.29, 0.717) is 11.3 Å². The van der Waals surface area contributed by atoms with Crippen molar-refractivity contribution in [3.8, 4) is 0 Å².